The Bertz CT molecular complexity index is 966. The SMILES string of the molecule is FC(F)(F)C1=C(N2CCNCC2)C(NCc2cc3nccnc3cc2Cl)=CNC1. The predicted molar refractivity (Wildman–Crippen MR) is 105 cm³/mol. The zero-order chi connectivity index (χ0) is 20.4. The number of fused-ring (bicyclic) bond motifs is 1. The summed E-state index contributed by atoms with van der Waals surface area (Å²) in [5.74, 6) is 0. The van der Waals surface area contributed by atoms with Gasteiger partial charge in [0.15, 0.2) is 0 Å². The van der Waals surface area contributed by atoms with Gasteiger partial charge in [-0.15, -0.1) is 0 Å². The molecule has 1 fully saturated rings. The number of hydrogen-bond donors (Lipinski definition) is 3. The van der Waals surface area contributed by atoms with E-state index in [0.717, 1.165) is 5.56 Å². The Morgan fingerprint density at radius 1 is 1.10 bits per heavy atom. The molecule has 3 heterocycles. The van der Waals surface area contributed by atoms with Gasteiger partial charge in [0.05, 0.1) is 28.0 Å². The minimum Gasteiger partial charge on any atom is -0.385 e. The fourth-order valence-corrected chi connectivity index (χ4v) is 3.77. The fourth-order valence-electron chi connectivity index (χ4n) is 3.54. The van der Waals surface area contributed by atoms with E-state index in [-0.39, 0.29) is 18.8 Å². The van der Waals surface area contributed by atoms with Gasteiger partial charge >= 0.3 is 6.18 Å². The van der Waals surface area contributed by atoms with Crippen LogP contribution in [0.1, 0.15) is 5.56 Å². The standard InChI is InChI=1S/C19H20ClF3N6/c20-14-8-16-15(26-1-2-27-16)7-12(14)9-28-17-11-25-10-13(19(21,22)23)18(17)29-5-3-24-4-6-29/h1-2,7-8,11,24-25,28H,3-6,9-10H2. The lowest BCUT2D eigenvalue weighted by atomic mass is 10.1. The topological polar surface area (TPSA) is 65.1 Å². The van der Waals surface area contributed by atoms with Gasteiger partial charge in [0.2, 0.25) is 0 Å². The van der Waals surface area contributed by atoms with E-state index in [1.54, 1.807) is 35.6 Å². The molecule has 1 saturated heterocycles. The third-order valence-corrected chi connectivity index (χ3v) is 5.30. The summed E-state index contributed by atoms with van der Waals surface area (Å²) >= 11 is 6.35. The third-order valence-electron chi connectivity index (χ3n) is 4.95. The van der Waals surface area contributed by atoms with Gasteiger partial charge in [0, 0.05) is 62.9 Å². The second-order valence-corrected chi connectivity index (χ2v) is 7.25. The number of aromatic nitrogens is 2. The van der Waals surface area contributed by atoms with Crippen molar-refractivity contribution in [2.75, 3.05) is 32.7 Å². The van der Waals surface area contributed by atoms with E-state index in [9.17, 15) is 13.2 Å². The quantitative estimate of drug-likeness (QED) is 0.701. The summed E-state index contributed by atoms with van der Waals surface area (Å²) in [6.45, 7) is 2.33. The molecule has 2 aromatic rings. The summed E-state index contributed by atoms with van der Waals surface area (Å²) in [4.78, 5) is 10.3. The van der Waals surface area contributed by atoms with Crippen molar-refractivity contribution in [3.63, 3.8) is 0 Å². The highest BCUT2D eigenvalue weighted by atomic mass is 35.5. The molecule has 0 unspecified atom stereocenters. The van der Waals surface area contributed by atoms with Gasteiger partial charge < -0.3 is 20.9 Å². The molecule has 0 saturated carbocycles. The summed E-state index contributed by atoms with van der Waals surface area (Å²) in [5.41, 5.74) is 2.12. The Morgan fingerprint density at radius 3 is 2.48 bits per heavy atom. The van der Waals surface area contributed by atoms with Crippen molar-refractivity contribution < 1.29 is 13.2 Å². The summed E-state index contributed by atoms with van der Waals surface area (Å²) in [6.07, 6.45) is 0.353. The van der Waals surface area contributed by atoms with E-state index < -0.39 is 11.7 Å². The number of dihydropyridines is 1. The molecular formula is C19H20ClF3N6. The van der Waals surface area contributed by atoms with Gasteiger partial charge in [-0.2, -0.15) is 13.2 Å². The van der Waals surface area contributed by atoms with Gasteiger partial charge in [-0.05, 0) is 17.7 Å². The van der Waals surface area contributed by atoms with Crippen LogP contribution >= 0.6 is 11.6 Å². The lowest BCUT2D eigenvalue weighted by Gasteiger charge is -2.37. The monoisotopic (exact) mass is 424 g/mol. The predicted octanol–water partition coefficient (Wildman–Crippen LogP) is 2.54. The lowest BCUT2D eigenvalue weighted by molar-refractivity contribution is -0.0951. The molecular weight excluding hydrogens is 405 g/mol. The zero-order valence-electron chi connectivity index (χ0n) is 15.5. The van der Waals surface area contributed by atoms with E-state index in [1.807, 2.05) is 0 Å². The van der Waals surface area contributed by atoms with Gasteiger partial charge in [-0.3, -0.25) is 9.97 Å². The normalized spacial score (nSPS) is 17.9. The maximum absolute atomic E-state index is 13.7. The van der Waals surface area contributed by atoms with E-state index in [0.29, 0.717) is 47.9 Å². The average Bonchev–Trinajstić information content (AvgIpc) is 2.72. The number of nitrogens with one attached hydrogen (secondary N) is 3. The Morgan fingerprint density at radius 2 is 1.79 bits per heavy atom. The number of alkyl halides is 3. The van der Waals surface area contributed by atoms with Crippen molar-refractivity contribution in [1.82, 2.24) is 30.8 Å². The maximum Gasteiger partial charge on any atom is 0.416 e. The van der Waals surface area contributed by atoms with Crippen molar-refractivity contribution in [2.24, 2.45) is 0 Å². The van der Waals surface area contributed by atoms with Crippen LogP contribution in [-0.2, 0) is 6.54 Å². The highest BCUT2D eigenvalue weighted by Crippen LogP contribution is 2.34. The number of nitrogens with zero attached hydrogens (tertiary/aromatic N) is 3. The van der Waals surface area contributed by atoms with Gasteiger partial charge in [0.1, 0.15) is 0 Å². The van der Waals surface area contributed by atoms with Gasteiger partial charge in [-0.1, -0.05) is 11.6 Å². The highest BCUT2D eigenvalue weighted by molar-refractivity contribution is 6.32. The first-order chi connectivity index (χ1) is 13.9. The molecule has 2 aliphatic rings. The van der Waals surface area contributed by atoms with E-state index in [1.165, 1.54) is 0 Å². The molecule has 29 heavy (non-hydrogen) atoms. The second kappa shape index (κ2) is 8.08. The first-order valence-electron chi connectivity index (χ1n) is 9.26. The van der Waals surface area contributed by atoms with Crippen molar-refractivity contribution in [1.29, 1.82) is 0 Å². The van der Waals surface area contributed by atoms with Crippen molar-refractivity contribution >= 4 is 22.6 Å². The molecule has 6 nitrogen and oxygen atoms in total. The summed E-state index contributed by atoms with van der Waals surface area (Å²) in [7, 11) is 0. The Kier molecular flexibility index (Phi) is 5.51. The lowest BCUT2D eigenvalue weighted by Crippen LogP contribution is -2.47. The van der Waals surface area contributed by atoms with E-state index in [2.05, 4.69) is 25.9 Å². The van der Waals surface area contributed by atoms with E-state index in [4.69, 9.17) is 11.6 Å². The second-order valence-electron chi connectivity index (χ2n) is 6.84. The molecule has 1 aromatic heterocycles. The molecule has 0 atom stereocenters. The Labute approximate surface area is 170 Å². The first kappa shape index (κ1) is 19.8. The summed E-state index contributed by atoms with van der Waals surface area (Å²) in [5, 5.41) is 9.54. The molecule has 0 spiro atoms. The number of piperazine rings is 1. The maximum atomic E-state index is 13.7. The van der Waals surface area contributed by atoms with Crippen LogP contribution in [0.2, 0.25) is 5.02 Å². The zero-order valence-corrected chi connectivity index (χ0v) is 16.2. The van der Waals surface area contributed by atoms with Gasteiger partial charge in [-0.25, -0.2) is 0 Å². The van der Waals surface area contributed by atoms with Crippen molar-refractivity contribution in [3.8, 4) is 0 Å². The minimum absolute atomic E-state index is 0.203. The third kappa shape index (κ3) is 4.25. The Hall–Kier alpha value is -2.52. The molecule has 10 heteroatoms. The Balaban J connectivity index is 1.62. The van der Waals surface area contributed by atoms with Crippen LogP contribution in [0.5, 0.6) is 0 Å². The molecule has 3 N–H and O–H groups in total. The van der Waals surface area contributed by atoms with Crippen molar-refractivity contribution in [3.05, 3.63) is 58.3 Å². The molecule has 4 rings (SSSR count). The van der Waals surface area contributed by atoms with E-state index >= 15 is 0 Å². The van der Waals surface area contributed by atoms with Crippen LogP contribution < -0.4 is 16.0 Å². The molecule has 1 aromatic carbocycles. The average molecular weight is 425 g/mol. The van der Waals surface area contributed by atoms with Gasteiger partial charge in [0.25, 0.3) is 0 Å². The molecule has 0 amide bonds. The smallest absolute Gasteiger partial charge is 0.385 e. The molecule has 154 valence electrons. The molecule has 0 radical (unpaired) electrons. The van der Waals surface area contributed by atoms with Crippen LogP contribution in [-0.4, -0.2) is 53.8 Å². The van der Waals surface area contributed by atoms with Crippen molar-refractivity contribution in [2.45, 2.75) is 12.7 Å². The summed E-state index contributed by atoms with van der Waals surface area (Å²) < 4.78 is 41.1. The van der Waals surface area contributed by atoms with Crippen LogP contribution in [0.15, 0.2) is 47.7 Å². The number of hydrogen-bond acceptors (Lipinski definition) is 6. The number of benzene rings is 1. The minimum atomic E-state index is -4.41. The first-order valence-corrected chi connectivity index (χ1v) is 9.64. The van der Waals surface area contributed by atoms with Crippen LogP contribution in [0.25, 0.3) is 11.0 Å². The highest BCUT2D eigenvalue weighted by Gasteiger charge is 2.40. The van der Waals surface area contributed by atoms with Crippen LogP contribution in [0.3, 0.4) is 0 Å². The van der Waals surface area contributed by atoms with Crippen LogP contribution in [0.4, 0.5) is 13.2 Å². The fraction of sp³-hybridized carbons (Fsp3) is 0.368. The molecule has 2 aliphatic heterocycles. The molecule has 0 bridgehead atoms. The number of halogens is 4. The number of rotatable bonds is 4. The summed E-state index contributed by atoms with van der Waals surface area (Å²) in [6, 6.07) is 3.51. The molecule has 0 aliphatic carbocycles. The largest absolute Gasteiger partial charge is 0.416 e. The van der Waals surface area contributed by atoms with Crippen LogP contribution in [0, 0.1) is 0 Å².